The summed E-state index contributed by atoms with van der Waals surface area (Å²) in [7, 11) is 0. The highest BCUT2D eigenvalue weighted by Gasteiger charge is 2.37. The monoisotopic (exact) mass is 543 g/mol. The van der Waals surface area contributed by atoms with Crippen LogP contribution in [-0.2, 0) is 26.2 Å². The molecule has 0 bridgehead atoms. The zero-order valence-electron chi connectivity index (χ0n) is 22.4. The topological polar surface area (TPSA) is 84.2 Å². The molecule has 0 atom stereocenters. The van der Waals surface area contributed by atoms with E-state index in [1.54, 1.807) is 29.7 Å². The predicted molar refractivity (Wildman–Crippen MR) is 153 cm³/mol. The van der Waals surface area contributed by atoms with Crippen LogP contribution in [0, 0.1) is 5.41 Å². The molecular formula is C30H37N7OS. The first kappa shape index (κ1) is 26.0. The molecule has 204 valence electrons. The van der Waals surface area contributed by atoms with Crippen molar-refractivity contribution in [3.8, 4) is 0 Å². The van der Waals surface area contributed by atoms with E-state index in [2.05, 4.69) is 59.4 Å². The molecule has 9 heteroatoms. The summed E-state index contributed by atoms with van der Waals surface area (Å²) in [6.07, 6.45) is 12.2. The van der Waals surface area contributed by atoms with Crippen molar-refractivity contribution >= 4 is 17.2 Å². The summed E-state index contributed by atoms with van der Waals surface area (Å²) in [6, 6.07) is 12.6. The lowest BCUT2D eigenvalue weighted by atomic mass is 9.71. The fraction of sp³-hybridized carbons (Fsp3) is 0.433. The fourth-order valence-corrected chi connectivity index (χ4v) is 6.76. The number of nitrogens with one attached hydrogen (secondary N) is 2. The summed E-state index contributed by atoms with van der Waals surface area (Å²) in [6.45, 7) is 7.62. The summed E-state index contributed by atoms with van der Waals surface area (Å²) in [5.41, 5.74) is 2.48. The summed E-state index contributed by atoms with van der Waals surface area (Å²) >= 11 is 1.87. The Morgan fingerprint density at radius 2 is 1.44 bits per heavy atom. The number of aromatic nitrogens is 4. The number of rotatable bonds is 9. The van der Waals surface area contributed by atoms with Crippen LogP contribution < -0.4 is 0 Å². The minimum absolute atomic E-state index is 0.0281. The van der Waals surface area contributed by atoms with Crippen molar-refractivity contribution in [2.24, 2.45) is 5.41 Å². The molecule has 3 aromatic heterocycles. The highest BCUT2D eigenvalue weighted by atomic mass is 32.1. The van der Waals surface area contributed by atoms with E-state index in [1.807, 2.05) is 23.5 Å². The van der Waals surface area contributed by atoms with Crippen LogP contribution in [0.5, 0.6) is 0 Å². The molecule has 2 fully saturated rings. The molecule has 4 aromatic rings. The second kappa shape index (κ2) is 11.9. The number of benzene rings is 1. The minimum atomic E-state index is -0.0281. The third kappa shape index (κ3) is 6.49. The van der Waals surface area contributed by atoms with Crippen molar-refractivity contribution < 1.29 is 4.79 Å². The van der Waals surface area contributed by atoms with Gasteiger partial charge in [0.2, 0.25) is 0 Å². The predicted octanol–water partition coefficient (Wildman–Crippen LogP) is 4.92. The van der Waals surface area contributed by atoms with Crippen molar-refractivity contribution in [1.29, 1.82) is 0 Å². The quantitative estimate of drug-likeness (QED) is 0.313. The zero-order valence-corrected chi connectivity index (χ0v) is 23.2. The SMILES string of the molecule is O=C(c1ccc(CN2CCC3(CC2)CCN(Cc2cccs2)CC3)cc1)N(Cc1ncc[nH]1)Cc1ncc[nH]1. The maximum absolute atomic E-state index is 13.4. The number of likely N-dealkylation sites (tertiary alicyclic amines) is 2. The number of carbonyl (C=O) groups is 1. The molecule has 0 radical (unpaired) electrons. The molecule has 5 heterocycles. The van der Waals surface area contributed by atoms with E-state index < -0.39 is 0 Å². The van der Waals surface area contributed by atoms with Crippen LogP contribution >= 0.6 is 11.3 Å². The van der Waals surface area contributed by atoms with E-state index in [4.69, 9.17) is 0 Å². The van der Waals surface area contributed by atoms with Gasteiger partial charge in [0.15, 0.2) is 0 Å². The van der Waals surface area contributed by atoms with Crippen LogP contribution in [0.2, 0.25) is 0 Å². The van der Waals surface area contributed by atoms with Gasteiger partial charge in [-0.25, -0.2) is 9.97 Å². The minimum Gasteiger partial charge on any atom is -0.347 e. The van der Waals surface area contributed by atoms with Gasteiger partial charge in [0.05, 0.1) is 13.1 Å². The molecule has 0 aliphatic carbocycles. The molecule has 8 nitrogen and oxygen atoms in total. The van der Waals surface area contributed by atoms with E-state index in [0.29, 0.717) is 24.1 Å². The molecule has 6 rings (SSSR count). The summed E-state index contributed by atoms with van der Waals surface area (Å²) in [5.74, 6) is 1.48. The van der Waals surface area contributed by atoms with Crippen LogP contribution in [0.3, 0.4) is 0 Å². The maximum atomic E-state index is 13.4. The number of thiophene rings is 1. The lowest BCUT2D eigenvalue weighted by molar-refractivity contribution is 0.0303. The molecule has 0 saturated carbocycles. The third-order valence-electron chi connectivity index (χ3n) is 8.48. The van der Waals surface area contributed by atoms with Gasteiger partial charge >= 0.3 is 0 Å². The number of nitrogens with zero attached hydrogens (tertiary/aromatic N) is 5. The smallest absolute Gasteiger partial charge is 0.254 e. The molecule has 2 N–H and O–H groups in total. The first-order valence-electron chi connectivity index (χ1n) is 14.0. The highest BCUT2D eigenvalue weighted by Crippen LogP contribution is 2.41. The van der Waals surface area contributed by atoms with Crippen molar-refractivity contribution in [2.75, 3.05) is 26.2 Å². The van der Waals surface area contributed by atoms with Gasteiger partial charge < -0.3 is 14.9 Å². The van der Waals surface area contributed by atoms with E-state index in [1.165, 1.54) is 49.2 Å². The normalized spacial score (nSPS) is 17.9. The first-order chi connectivity index (χ1) is 19.1. The van der Waals surface area contributed by atoms with Crippen LogP contribution in [0.1, 0.15) is 58.1 Å². The summed E-state index contributed by atoms with van der Waals surface area (Å²) in [5, 5.41) is 2.18. The van der Waals surface area contributed by atoms with E-state index in [9.17, 15) is 4.79 Å². The van der Waals surface area contributed by atoms with Crippen LogP contribution in [0.25, 0.3) is 0 Å². The number of imidazole rings is 2. The lowest BCUT2D eigenvalue weighted by Crippen LogP contribution is -2.46. The molecule has 1 spiro atoms. The standard InChI is InChI=1S/C30H37N7OS/c38-29(37(22-27-31-11-12-32-27)23-28-33-13-14-34-28)25-5-3-24(4-6-25)20-35-15-7-30(8-16-35)9-17-36(18-10-30)21-26-2-1-19-39-26/h1-6,11-14,19H,7-10,15-18,20-23H2,(H,31,32)(H,33,34). The van der Waals surface area contributed by atoms with E-state index in [0.717, 1.165) is 37.8 Å². The van der Waals surface area contributed by atoms with Crippen LogP contribution in [0.4, 0.5) is 0 Å². The number of aromatic amines is 2. The molecule has 2 aliphatic heterocycles. The number of hydrogen-bond acceptors (Lipinski definition) is 6. The van der Waals surface area contributed by atoms with Gasteiger partial charge in [-0.15, -0.1) is 11.3 Å². The number of amides is 1. The highest BCUT2D eigenvalue weighted by molar-refractivity contribution is 7.09. The van der Waals surface area contributed by atoms with E-state index >= 15 is 0 Å². The Morgan fingerprint density at radius 1 is 0.846 bits per heavy atom. The Morgan fingerprint density at radius 3 is 1.95 bits per heavy atom. The van der Waals surface area contributed by atoms with Gasteiger partial charge in [-0.05, 0) is 86.4 Å². The van der Waals surface area contributed by atoms with Crippen molar-refractivity contribution in [2.45, 2.75) is 51.9 Å². The van der Waals surface area contributed by atoms with Crippen LogP contribution in [0.15, 0.2) is 66.6 Å². The second-order valence-corrected chi connectivity index (χ2v) is 12.1. The van der Waals surface area contributed by atoms with Gasteiger partial charge in [0.25, 0.3) is 5.91 Å². The molecule has 2 saturated heterocycles. The molecular weight excluding hydrogens is 506 g/mol. The third-order valence-corrected chi connectivity index (χ3v) is 9.34. The van der Waals surface area contributed by atoms with Crippen molar-refractivity contribution in [3.63, 3.8) is 0 Å². The largest absolute Gasteiger partial charge is 0.347 e. The number of piperidine rings is 2. The van der Waals surface area contributed by atoms with Gasteiger partial charge in [0.1, 0.15) is 11.6 Å². The van der Waals surface area contributed by atoms with Crippen LogP contribution in [-0.4, -0.2) is 66.7 Å². The molecule has 1 amide bonds. The first-order valence-corrected chi connectivity index (χ1v) is 14.8. The summed E-state index contributed by atoms with van der Waals surface area (Å²) < 4.78 is 0. The Balaban J connectivity index is 1.01. The number of H-pyrrole nitrogens is 2. The van der Waals surface area contributed by atoms with Gasteiger partial charge in [-0.2, -0.15) is 0 Å². The van der Waals surface area contributed by atoms with Crippen molar-refractivity contribution in [1.82, 2.24) is 34.6 Å². The van der Waals surface area contributed by atoms with Crippen molar-refractivity contribution in [3.05, 3.63) is 94.2 Å². The Hall–Kier alpha value is -3.27. The average molecular weight is 544 g/mol. The Kier molecular flexibility index (Phi) is 7.90. The zero-order chi connectivity index (χ0) is 26.5. The number of hydrogen-bond donors (Lipinski definition) is 2. The Labute approximate surface area is 234 Å². The van der Waals surface area contributed by atoms with Gasteiger partial charge in [-0.1, -0.05) is 18.2 Å². The maximum Gasteiger partial charge on any atom is 0.254 e. The molecule has 2 aliphatic rings. The van der Waals surface area contributed by atoms with Gasteiger partial charge in [-0.3, -0.25) is 14.6 Å². The second-order valence-electron chi connectivity index (χ2n) is 11.1. The number of carbonyl (C=O) groups excluding carboxylic acids is 1. The van der Waals surface area contributed by atoms with Gasteiger partial charge in [0, 0.05) is 48.3 Å². The fourth-order valence-electron chi connectivity index (χ4n) is 6.02. The summed E-state index contributed by atoms with van der Waals surface area (Å²) in [4.78, 5) is 36.7. The molecule has 1 aromatic carbocycles. The molecule has 0 unspecified atom stereocenters. The molecule has 39 heavy (non-hydrogen) atoms. The van der Waals surface area contributed by atoms with E-state index in [-0.39, 0.29) is 5.91 Å². The average Bonchev–Trinajstić information content (AvgIpc) is 3.77. The Bertz CT molecular complexity index is 1250. The lowest BCUT2D eigenvalue weighted by Gasteiger charge is -2.47.